The summed E-state index contributed by atoms with van der Waals surface area (Å²) in [6.07, 6.45) is 9.48. The lowest BCUT2D eigenvalue weighted by Crippen LogP contribution is -2.40. The summed E-state index contributed by atoms with van der Waals surface area (Å²) in [6, 6.07) is 5.92. The molecular weight excluding hydrogens is 300 g/mol. The second-order valence-corrected chi connectivity index (χ2v) is 5.83. The summed E-state index contributed by atoms with van der Waals surface area (Å²) < 4.78 is 2.02. The summed E-state index contributed by atoms with van der Waals surface area (Å²) in [6.45, 7) is 5.54. The van der Waals surface area contributed by atoms with Crippen LogP contribution in [0.2, 0.25) is 0 Å². The van der Waals surface area contributed by atoms with Crippen LogP contribution in [0.1, 0.15) is 31.5 Å². The van der Waals surface area contributed by atoms with Crippen molar-refractivity contribution < 1.29 is 0 Å². The minimum Gasteiger partial charge on any atom is -0.356 e. The monoisotopic (exact) mass is 328 g/mol. The van der Waals surface area contributed by atoms with E-state index in [4.69, 9.17) is 0 Å². The molecule has 0 bridgehead atoms. The molecule has 0 fully saturated rings. The number of aromatic nitrogens is 3. The molecule has 2 aromatic heterocycles. The fourth-order valence-electron chi connectivity index (χ4n) is 2.65. The van der Waals surface area contributed by atoms with Crippen LogP contribution in [0.5, 0.6) is 0 Å². The third-order valence-corrected chi connectivity index (χ3v) is 3.99. The maximum atomic E-state index is 4.36. The van der Waals surface area contributed by atoms with Gasteiger partial charge in [-0.1, -0.05) is 18.6 Å². The molecule has 24 heavy (non-hydrogen) atoms. The highest BCUT2D eigenvalue weighted by molar-refractivity contribution is 5.79. The molecule has 2 rings (SSSR count). The predicted octanol–water partition coefficient (Wildman–Crippen LogP) is 2.53. The molecule has 6 nitrogen and oxygen atoms in total. The summed E-state index contributed by atoms with van der Waals surface area (Å²) in [5.74, 6) is 1.88. The van der Waals surface area contributed by atoms with Crippen molar-refractivity contribution in [1.82, 2.24) is 24.8 Å². The molecule has 0 saturated heterocycles. The van der Waals surface area contributed by atoms with Crippen molar-refractivity contribution in [3.8, 4) is 0 Å². The fraction of sp³-hybridized carbons (Fsp3) is 0.500. The van der Waals surface area contributed by atoms with Gasteiger partial charge in [0.15, 0.2) is 11.6 Å². The Morgan fingerprint density at radius 2 is 2.21 bits per heavy atom. The van der Waals surface area contributed by atoms with Crippen molar-refractivity contribution in [1.29, 1.82) is 0 Å². The van der Waals surface area contributed by atoms with E-state index in [0.717, 1.165) is 43.4 Å². The molecular formula is C18H28N6. The van der Waals surface area contributed by atoms with E-state index in [9.17, 15) is 0 Å². The number of hydrogen-bond donors (Lipinski definition) is 1. The molecule has 0 radical (unpaired) electrons. The van der Waals surface area contributed by atoms with Crippen LogP contribution in [-0.2, 0) is 6.42 Å². The van der Waals surface area contributed by atoms with E-state index in [1.165, 1.54) is 19.3 Å². The zero-order valence-corrected chi connectivity index (χ0v) is 14.8. The second kappa shape index (κ2) is 9.70. The molecule has 1 N–H and O–H groups in total. The topological polar surface area (TPSA) is 57.8 Å². The van der Waals surface area contributed by atoms with Gasteiger partial charge in [-0.15, -0.1) is 16.8 Å². The number of nitrogens with one attached hydrogen (secondary N) is 1. The summed E-state index contributed by atoms with van der Waals surface area (Å²) in [5, 5.41) is 11.8. The molecule has 0 saturated carbocycles. The number of guanidine groups is 1. The van der Waals surface area contributed by atoms with Gasteiger partial charge in [0.2, 0.25) is 0 Å². The van der Waals surface area contributed by atoms with Crippen LogP contribution in [0.4, 0.5) is 0 Å². The maximum absolute atomic E-state index is 4.36. The molecule has 0 atom stereocenters. The quantitative estimate of drug-likeness (QED) is 0.333. The Bertz CT molecular complexity index is 660. The summed E-state index contributed by atoms with van der Waals surface area (Å²) in [4.78, 5) is 6.53. The SMILES string of the molecule is C=CCCCCCN(C)C(=NC)NCCc1nnc2ccccn12. The minimum atomic E-state index is 0.781. The Kier molecular flexibility index (Phi) is 7.26. The number of aliphatic imine (C=N–C) groups is 1. The standard InChI is InChI=1S/C18H28N6/c1-4-5-6-7-9-14-23(3)18(19-2)20-13-12-17-22-21-16-11-8-10-15-24(16)17/h4,8,10-11,15H,1,5-7,9,12-14H2,2-3H3,(H,19,20). The minimum absolute atomic E-state index is 0.781. The average Bonchev–Trinajstić information content (AvgIpc) is 3.01. The van der Waals surface area contributed by atoms with Crippen molar-refractivity contribution in [2.75, 3.05) is 27.2 Å². The van der Waals surface area contributed by atoms with Crippen molar-refractivity contribution >= 4 is 11.6 Å². The largest absolute Gasteiger partial charge is 0.356 e. The zero-order chi connectivity index (χ0) is 17.2. The smallest absolute Gasteiger partial charge is 0.193 e. The fourth-order valence-corrected chi connectivity index (χ4v) is 2.65. The molecule has 0 aliphatic heterocycles. The first-order valence-corrected chi connectivity index (χ1v) is 8.57. The number of nitrogens with zero attached hydrogens (tertiary/aromatic N) is 5. The number of allylic oxidation sites excluding steroid dienone is 1. The first kappa shape index (κ1) is 18.0. The van der Waals surface area contributed by atoms with Gasteiger partial charge in [0.05, 0.1) is 0 Å². The normalized spacial score (nSPS) is 11.7. The molecule has 0 unspecified atom stereocenters. The summed E-state index contributed by atoms with van der Waals surface area (Å²) in [5.41, 5.74) is 0.883. The van der Waals surface area contributed by atoms with Crippen LogP contribution in [0.25, 0.3) is 5.65 Å². The van der Waals surface area contributed by atoms with Crippen molar-refractivity contribution in [3.05, 3.63) is 42.9 Å². The Balaban J connectivity index is 1.76. The van der Waals surface area contributed by atoms with Gasteiger partial charge in [0.1, 0.15) is 5.82 Å². The Morgan fingerprint density at radius 3 is 3.00 bits per heavy atom. The Labute approximate surface area is 144 Å². The van der Waals surface area contributed by atoms with Crippen LogP contribution < -0.4 is 5.32 Å². The van der Waals surface area contributed by atoms with Crippen LogP contribution >= 0.6 is 0 Å². The van der Waals surface area contributed by atoms with Crippen LogP contribution in [-0.4, -0.2) is 52.6 Å². The van der Waals surface area contributed by atoms with E-state index < -0.39 is 0 Å². The molecule has 0 spiro atoms. The van der Waals surface area contributed by atoms with Gasteiger partial charge in [0.25, 0.3) is 0 Å². The lowest BCUT2D eigenvalue weighted by Gasteiger charge is -2.21. The average molecular weight is 328 g/mol. The first-order chi connectivity index (χ1) is 11.8. The molecule has 2 aromatic rings. The second-order valence-electron chi connectivity index (χ2n) is 5.83. The number of hydrogen-bond acceptors (Lipinski definition) is 3. The van der Waals surface area contributed by atoms with Crippen LogP contribution in [0, 0.1) is 0 Å². The van der Waals surface area contributed by atoms with Gasteiger partial charge < -0.3 is 10.2 Å². The van der Waals surface area contributed by atoms with E-state index in [-0.39, 0.29) is 0 Å². The third-order valence-electron chi connectivity index (χ3n) is 3.99. The molecule has 0 aromatic carbocycles. The number of pyridine rings is 1. The number of rotatable bonds is 9. The van der Waals surface area contributed by atoms with Gasteiger partial charge in [-0.3, -0.25) is 9.39 Å². The van der Waals surface area contributed by atoms with Crippen molar-refractivity contribution in [2.24, 2.45) is 4.99 Å². The predicted molar refractivity (Wildman–Crippen MR) is 99.3 cm³/mol. The number of fused-ring (bicyclic) bond motifs is 1. The van der Waals surface area contributed by atoms with E-state index in [2.05, 4.69) is 39.0 Å². The molecule has 0 amide bonds. The Hall–Kier alpha value is -2.37. The highest BCUT2D eigenvalue weighted by Gasteiger charge is 2.07. The molecule has 0 aliphatic carbocycles. The molecule has 6 heteroatoms. The van der Waals surface area contributed by atoms with E-state index >= 15 is 0 Å². The Morgan fingerprint density at radius 1 is 1.33 bits per heavy atom. The van der Waals surface area contributed by atoms with Gasteiger partial charge in [0, 0.05) is 39.8 Å². The zero-order valence-electron chi connectivity index (χ0n) is 14.8. The summed E-state index contributed by atoms with van der Waals surface area (Å²) >= 11 is 0. The highest BCUT2D eigenvalue weighted by atomic mass is 15.3. The van der Waals surface area contributed by atoms with Gasteiger partial charge in [-0.25, -0.2) is 0 Å². The highest BCUT2D eigenvalue weighted by Crippen LogP contribution is 2.04. The molecule has 2 heterocycles. The van der Waals surface area contributed by atoms with E-state index in [1.54, 1.807) is 0 Å². The van der Waals surface area contributed by atoms with Crippen LogP contribution in [0.15, 0.2) is 42.0 Å². The summed E-state index contributed by atoms with van der Waals surface area (Å²) in [7, 11) is 3.90. The molecule has 130 valence electrons. The van der Waals surface area contributed by atoms with Gasteiger partial charge >= 0.3 is 0 Å². The van der Waals surface area contributed by atoms with Crippen LogP contribution in [0.3, 0.4) is 0 Å². The van der Waals surface area contributed by atoms with E-state index in [0.29, 0.717) is 0 Å². The third kappa shape index (κ3) is 5.08. The maximum Gasteiger partial charge on any atom is 0.193 e. The van der Waals surface area contributed by atoms with E-state index in [1.807, 2.05) is 41.9 Å². The van der Waals surface area contributed by atoms with Crippen molar-refractivity contribution in [3.63, 3.8) is 0 Å². The first-order valence-electron chi connectivity index (χ1n) is 8.57. The number of unbranched alkanes of at least 4 members (excludes halogenated alkanes) is 3. The lowest BCUT2D eigenvalue weighted by molar-refractivity contribution is 0.455. The van der Waals surface area contributed by atoms with Gasteiger partial charge in [-0.2, -0.15) is 0 Å². The van der Waals surface area contributed by atoms with Crippen molar-refractivity contribution in [2.45, 2.75) is 32.1 Å². The lowest BCUT2D eigenvalue weighted by atomic mass is 10.2. The van der Waals surface area contributed by atoms with Gasteiger partial charge in [-0.05, 0) is 31.4 Å². The molecule has 0 aliphatic rings.